The first-order chi connectivity index (χ1) is 9.86. The number of pyridine rings is 1. The van der Waals surface area contributed by atoms with Crippen molar-refractivity contribution >= 4 is 10.9 Å². The standard InChI is InChI=1S/C17H12N2O/c18-11-13-5-7-15(8-6-13)20-12-14-9-10-19-17-4-2-1-3-16(14)17/h1-10H,12H2. The third-order valence-electron chi connectivity index (χ3n) is 3.12. The van der Waals surface area contributed by atoms with Crippen LogP contribution in [0.15, 0.2) is 60.8 Å². The predicted molar refractivity (Wildman–Crippen MR) is 77.2 cm³/mol. The lowest BCUT2D eigenvalue weighted by Crippen LogP contribution is -1.97. The second-order valence-corrected chi connectivity index (χ2v) is 4.41. The minimum atomic E-state index is 0.481. The molecule has 0 saturated carbocycles. The smallest absolute Gasteiger partial charge is 0.119 e. The van der Waals surface area contributed by atoms with Crippen molar-refractivity contribution in [2.45, 2.75) is 6.61 Å². The summed E-state index contributed by atoms with van der Waals surface area (Å²) in [6.07, 6.45) is 1.79. The first kappa shape index (κ1) is 12.2. The highest BCUT2D eigenvalue weighted by molar-refractivity contribution is 5.81. The Morgan fingerprint density at radius 3 is 2.60 bits per heavy atom. The Morgan fingerprint density at radius 2 is 1.80 bits per heavy atom. The maximum Gasteiger partial charge on any atom is 0.119 e. The molecule has 0 aliphatic carbocycles. The minimum Gasteiger partial charge on any atom is -0.489 e. The van der Waals surface area contributed by atoms with E-state index in [4.69, 9.17) is 10.00 Å². The zero-order chi connectivity index (χ0) is 13.8. The lowest BCUT2D eigenvalue weighted by Gasteiger charge is -2.08. The molecule has 1 aromatic heterocycles. The summed E-state index contributed by atoms with van der Waals surface area (Å²) in [6.45, 7) is 0.481. The maximum absolute atomic E-state index is 8.76. The van der Waals surface area contributed by atoms with Crippen LogP contribution in [0.1, 0.15) is 11.1 Å². The van der Waals surface area contributed by atoms with Gasteiger partial charge in [0.05, 0.1) is 17.1 Å². The van der Waals surface area contributed by atoms with Gasteiger partial charge < -0.3 is 4.74 Å². The van der Waals surface area contributed by atoms with Gasteiger partial charge in [-0.05, 0) is 36.4 Å². The molecule has 0 spiro atoms. The molecule has 96 valence electrons. The van der Waals surface area contributed by atoms with Crippen LogP contribution in [0.2, 0.25) is 0 Å². The molecular formula is C17H12N2O. The summed E-state index contributed by atoms with van der Waals surface area (Å²) in [4.78, 5) is 4.33. The number of hydrogen-bond donors (Lipinski definition) is 0. The van der Waals surface area contributed by atoms with Crippen molar-refractivity contribution in [1.29, 1.82) is 5.26 Å². The second kappa shape index (κ2) is 5.41. The molecule has 3 nitrogen and oxygen atoms in total. The van der Waals surface area contributed by atoms with E-state index in [1.165, 1.54) is 0 Å². The van der Waals surface area contributed by atoms with Crippen molar-refractivity contribution in [2.24, 2.45) is 0 Å². The van der Waals surface area contributed by atoms with E-state index in [2.05, 4.69) is 11.1 Å². The number of benzene rings is 2. The summed E-state index contributed by atoms with van der Waals surface area (Å²) in [5.74, 6) is 0.755. The van der Waals surface area contributed by atoms with E-state index in [1.54, 1.807) is 18.3 Å². The molecule has 0 N–H and O–H groups in total. The molecule has 20 heavy (non-hydrogen) atoms. The van der Waals surface area contributed by atoms with Crippen LogP contribution in [0.4, 0.5) is 0 Å². The van der Waals surface area contributed by atoms with Gasteiger partial charge in [0.25, 0.3) is 0 Å². The molecule has 3 rings (SSSR count). The number of nitriles is 1. The van der Waals surface area contributed by atoms with Gasteiger partial charge in [-0.25, -0.2) is 0 Å². The van der Waals surface area contributed by atoms with E-state index >= 15 is 0 Å². The van der Waals surface area contributed by atoms with Crippen LogP contribution in [0.5, 0.6) is 5.75 Å². The summed E-state index contributed by atoms with van der Waals surface area (Å²) >= 11 is 0. The molecule has 0 radical (unpaired) electrons. The first-order valence-corrected chi connectivity index (χ1v) is 6.32. The fourth-order valence-corrected chi connectivity index (χ4v) is 2.07. The maximum atomic E-state index is 8.76. The van der Waals surface area contributed by atoms with Crippen molar-refractivity contribution < 1.29 is 4.74 Å². The lowest BCUT2D eigenvalue weighted by atomic mass is 10.1. The van der Waals surface area contributed by atoms with Gasteiger partial charge in [-0.2, -0.15) is 5.26 Å². The summed E-state index contributed by atoms with van der Waals surface area (Å²) in [5, 5.41) is 9.86. The molecule has 3 aromatic rings. The predicted octanol–water partition coefficient (Wildman–Crippen LogP) is 3.69. The van der Waals surface area contributed by atoms with Crippen molar-refractivity contribution in [3.05, 3.63) is 71.9 Å². The minimum absolute atomic E-state index is 0.481. The Hall–Kier alpha value is -2.86. The second-order valence-electron chi connectivity index (χ2n) is 4.41. The van der Waals surface area contributed by atoms with Gasteiger partial charge in [0.15, 0.2) is 0 Å². The normalized spacial score (nSPS) is 10.2. The number of aromatic nitrogens is 1. The molecule has 0 atom stereocenters. The average Bonchev–Trinajstić information content (AvgIpc) is 2.53. The van der Waals surface area contributed by atoms with E-state index in [1.807, 2.05) is 42.5 Å². The van der Waals surface area contributed by atoms with Gasteiger partial charge in [-0.3, -0.25) is 4.98 Å². The molecule has 2 aromatic carbocycles. The van der Waals surface area contributed by atoms with Crippen molar-refractivity contribution in [3.8, 4) is 11.8 Å². The summed E-state index contributed by atoms with van der Waals surface area (Å²) in [6, 6.07) is 19.2. The fourth-order valence-electron chi connectivity index (χ4n) is 2.07. The van der Waals surface area contributed by atoms with Gasteiger partial charge in [0, 0.05) is 17.1 Å². The third kappa shape index (κ3) is 2.45. The number of para-hydroxylation sites is 1. The lowest BCUT2D eigenvalue weighted by molar-refractivity contribution is 0.307. The molecule has 0 amide bonds. The Bertz CT molecular complexity index is 768. The zero-order valence-corrected chi connectivity index (χ0v) is 10.8. The highest BCUT2D eigenvalue weighted by Crippen LogP contribution is 2.19. The van der Waals surface area contributed by atoms with Crippen LogP contribution in [-0.4, -0.2) is 4.98 Å². The van der Waals surface area contributed by atoms with Gasteiger partial charge in [0.2, 0.25) is 0 Å². The summed E-state index contributed by atoms with van der Waals surface area (Å²) < 4.78 is 5.76. The van der Waals surface area contributed by atoms with E-state index in [9.17, 15) is 0 Å². The molecular weight excluding hydrogens is 248 g/mol. The van der Waals surface area contributed by atoms with Gasteiger partial charge in [-0.15, -0.1) is 0 Å². The molecule has 0 unspecified atom stereocenters. The van der Waals surface area contributed by atoms with E-state index < -0.39 is 0 Å². The van der Waals surface area contributed by atoms with Gasteiger partial charge in [-0.1, -0.05) is 18.2 Å². The van der Waals surface area contributed by atoms with Crippen LogP contribution in [0, 0.1) is 11.3 Å². The van der Waals surface area contributed by atoms with Crippen LogP contribution in [0.3, 0.4) is 0 Å². The highest BCUT2D eigenvalue weighted by atomic mass is 16.5. The Labute approximate surface area is 117 Å². The SMILES string of the molecule is N#Cc1ccc(OCc2ccnc3ccccc23)cc1. The average molecular weight is 260 g/mol. The Morgan fingerprint density at radius 1 is 1.00 bits per heavy atom. The third-order valence-corrected chi connectivity index (χ3v) is 3.12. The Kier molecular flexibility index (Phi) is 3.30. The van der Waals surface area contributed by atoms with Crippen molar-refractivity contribution in [1.82, 2.24) is 4.98 Å². The molecule has 0 aliphatic rings. The number of fused-ring (bicyclic) bond motifs is 1. The van der Waals surface area contributed by atoms with Crippen molar-refractivity contribution in [2.75, 3.05) is 0 Å². The molecule has 0 fully saturated rings. The fraction of sp³-hybridized carbons (Fsp3) is 0.0588. The van der Waals surface area contributed by atoms with Crippen LogP contribution in [-0.2, 0) is 6.61 Å². The molecule has 1 heterocycles. The topological polar surface area (TPSA) is 45.9 Å². The quantitative estimate of drug-likeness (QED) is 0.721. The summed E-state index contributed by atoms with van der Waals surface area (Å²) in [5.41, 5.74) is 2.69. The van der Waals surface area contributed by atoms with Crippen LogP contribution < -0.4 is 4.74 Å². The van der Waals surface area contributed by atoms with Gasteiger partial charge >= 0.3 is 0 Å². The first-order valence-electron chi connectivity index (χ1n) is 6.32. The number of nitrogens with zero attached hydrogens (tertiary/aromatic N) is 2. The Balaban J connectivity index is 1.81. The van der Waals surface area contributed by atoms with Crippen LogP contribution in [0.25, 0.3) is 10.9 Å². The van der Waals surface area contributed by atoms with Gasteiger partial charge in [0.1, 0.15) is 12.4 Å². The molecule has 0 aliphatic heterocycles. The van der Waals surface area contributed by atoms with E-state index in [0.29, 0.717) is 12.2 Å². The summed E-state index contributed by atoms with van der Waals surface area (Å²) in [7, 11) is 0. The largest absolute Gasteiger partial charge is 0.489 e. The van der Waals surface area contributed by atoms with E-state index in [-0.39, 0.29) is 0 Å². The monoisotopic (exact) mass is 260 g/mol. The zero-order valence-electron chi connectivity index (χ0n) is 10.8. The number of ether oxygens (including phenoxy) is 1. The molecule has 0 saturated heterocycles. The number of hydrogen-bond acceptors (Lipinski definition) is 3. The van der Waals surface area contributed by atoms with Crippen molar-refractivity contribution in [3.63, 3.8) is 0 Å². The number of rotatable bonds is 3. The molecule has 0 bridgehead atoms. The molecule has 3 heteroatoms. The van der Waals surface area contributed by atoms with E-state index in [0.717, 1.165) is 22.2 Å². The highest BCUT2D eigenvalue weighted by Gasteiger charge is 2.02. The van der Waals surface area contributed by atoms with Crippen LogP contribution >= 0.6 is 0 Å².